The molecule has 1 aromatic heterocycles. The van der Waals surface area contributed by atoms with E-state index in [1.54, 1.807) is 0 Å². The summed E-state index contributed by atoms with van der Waals surface area (Å²) in [4.78, 5) is 16.0. The van der Waals surface area contributed by atoms with Crippen LogP contribution in [0.4, 0.5) is 0 Å². The fourth-order valence-corrected chi connectivity index (χ4v) is 2.95. The van der Waals surface area contributed by atoms with Crippen molar-refractivity contribution < 1.29 is 4.79 Å². The molecular weight excluding hydrogens is 320 g/mol. The Balaban J connectivity index is 1.56. The summed E-state index contributed by atoms with van der Waals surface area (Å²) in [6.07, 6.45) is 1.43. The summed E-state index contributed by atoms with van der Waals surface area (Å²) in [7, 11) is 0. The zero-order valence-electron chi connectivity index (χ0n) is 13.3. The lowest BCUT2D eigenvalue weighted by Gasteiger charge is -2.14. The van der Waals surface area contributed by atoms with Crippen LogP contribution in [0.2, 0.25) is 0 Å². The molecule has 0 radical (unpaired) electrons. The van der Waals surface area contributed by atoms with E-state index in [0.717, 1.165) is 5.56 Å². The predicted molar refractivity (Wildman–Crippen MR) is 95.5 cm³/mol. The molecule has 5 nitrogen and oxygen atoms in total. The van der Waals surface area contributed by atoms with Gasteiger partial charge in [0.25, 0.3) is 0 Å². The fraction of sp³-hybridized carbons (Fsp3) is 0.167. The van der Waals surface area contributed by atoms with Gasteiger partial charge in [-0.1, -0.05) is 66.4 Å². The molecule has 3 rings (SSSR count). The Morgan fingerprint density at radius 3 is 2.50 bits per heavy atom. The number of hydrogen-bond donors (Lipinski definition) is 2. The highest BCUT2D eigenvalue weighted by atomic mass is 32.2. The Labute approximate surface area is 144 Å². The van der Waals surface area contributed by atoms with Gasteiger partial charge in [0.2, 0.25) is 5.91 Å². The van der Waals surface area contributed by atoms with Gasteiger partial charge in [-0.25, -0.2) is 4.98 Å². The van der Waals surface area contributed by atoms with E-state index in [1.807, 2.05) is 25.1 Å². The Kier molecular flexibility index (Phi) is 5.28. The van der Waals surface area contributed by atoms with E-state index >= 15 is 0 Å². The molecule has 1 amide bonds. The van der Waals surface area contributed by atoms with E-state index in [0.29, 0.717) is 10.9 Å². The van der Waals surface area contributed by atoms with Crippen LogP contribution in [0.5, 0.6) is 0 Å². The molecule has 0 unspecified atom stereocenters. The Bertz CT molecular complexity index is 773. The number of carbonyl (C=O) groups excluding carboxylic acids is 1. The van der Waals surface area contributed by atoms with Crippen LogP contribution in [0.3, 0.4) is 0 Å². The first-order valence-electron chi connectivity index (χ1n) is 7.65. The molecule has 0 aliphatic heterocycles. The monoisotopic (exact) mass is 338 g/mol. The van der Waals surface area contributed by atoms with E-state index < -0.39 is 0 Å². The van der Waals surface area contributed by atoms with Crippen LogP contribution in [0.1, 0.15) is 18.5 Å². The molecule has 0 fully saturated rings. The number of aromatic amines is 1. The van der Waals surface area contributed by atoms with Crippen molar-refractivity contribution in [1.29, 1.82) is 0 Å². The number of aromatic nitrogens is 3. The number of nitrogens with one attached hydrogen (secondary N) is 2. The molecule has 0 aliphatic carbocycles. The molecule has 1 heterocycles. The first kappa shape index (κ1) is 16.3. The quantitative estimate of drug-likeness (QED) is 0.676. The second kappa shape index (κ2) is 7.79. The first-order chi connectivity index (χ1) is 11.7. The van der Waals surface area contributed by atoms with Gasteiger partial charge < -0.3 is 5.32 Å². The number of carbonyl (C=O) groups is 1. The van der Waals surface area contributed by atoms with Gasteiger partial charge in [0.05, 0.1) is 11.8 Å². The highest BCUT2D eigenvalue weighted by molar-refractivity contribution is 7.99. The minimum Gasteiger partial charge on any atom is -0.349 e. The van der Waals surface area contributed by atoms with Crippen molar-refractivity contribution in [3.8, 4) is 11.1 Å². The number of hydrogen-bond acceptors (Lipinski definition) is 4. The molecular formula is C18H18N4OS. The highest BCUT2D eigenvalue weighted by Crippen LogP contribution is 2.22. The average Bonchev–Trinajstić information content (AvgIpc) is 3.14. The maximum atomic E-state index is 12.0. The molecule has 0 bridgehead atoms. The largest absolute Gasteiger partial charge is 0.349 e. The zero-order chi connectivity index (χ0) is 16.8. The van der Waals surface area contributed by atoms with Gasteiger partial charge in [-0.3, -0.25) is 9.89 Å². The van der Waals surface area contributed by atoms with Crippen molar-refractivity contribution >= 4 is 17.7 Å². The summed E-state index contributed by atoms with van der Waals surface area (Å²) in [5, 5.41) is 10.1. The molecule has 0 saturated carbocycles. The molecule has 122 valence electrons. The number of benzene rings is 2. The lowest BCUT2D eigenvalue weighted by atomic mass is 10.0. The summed E-state index contributed by atoms with van der Waals surface area (Å²) >= 11 is 1.33. The van der Waals surface area contributed by atoms with Crippen molar-refractivity contribution in [2.45, 2.75) is 18.1 Å². The molecule has 6 heteroatoms. The number of amides is 1. The predicted octanol–water partition coefficient (Wildman–Crippen LogP) is 3.44. The Morgan fingerprint density at radius 2 is 1.83 bits per heavy atom. The Morgan fingerprint density at radius 1 is 1.12 bits per heavy atom. The third-order valence-electron chi connectivity index (χ3n) is 3.63. The van der Waals surface area contributed by atoms with Gasteiger partial charge in [-0.05, 0) is 23.6 Å². The maximum Gasteiger partial charge on any atom is 0.230 e. The summed E-state index contributed by atoms with van der Waals surface area (Å²) in [6, 6.07) is 18.4. The van der Waals surface area contributed by atoms with Crippen LogP contribution >= 0.6 is 11.8 Å². The SMILES string of the molecule is C[C@@H](NC(=O)CSc1ncn[nH]1)c1ccc(-c2ccccc2)cc1. The third kappa shape index (κ3) is 4.23. The van der Waals surface area contributed by atoms with Gasteiger partial charge in [-0.15, -0.1) is 0 Å². The van der Waals surface area contributed by atoms with Crippen molar-refractivity contribution in [2.75, 3.05) is 5.75 Å². The van der Waals surface area contributed by atoms with Crippen LogP contribution in [0, 0.1) is 0 Å². The van der Waals surface area contributed by atoms with Crippen molar-refractivity contribution in [1.82, 2.24) is 20.5 Å². The number of thioether (sulfide) groups is 1. The summed E-state index contributed by atoms with van der Waals surface area (Å²) in [6.45, 7) is 1.98. The van der Waals surface area contributed by atoms with Gasteiger partial charge in [0, 0.05) is 0 Å². The number of nitrogens with zero attached hydrogens (tertiary/aromatic N) is 2. The van der Waals surface area contributed by atoms with Gasteiger partial charge in [0.1, 0.15) is 6.33 Å². The van der Waals surface area contributed by atoms with Crippen molar-refractivity contribution in [3.05, 3.63) is 66.5 Å². The van der Waals surface area contributed by atoms with E-state index in [4.69, 9.17) is 0 Å². The van der Waals surface area contributed by atoms with Gasteiger partial charge in [-0.2, -0.15) is 5.10 Å². The summed E-state index contributed by atoms with van der Waals surface area (Å²) < 4.78 is 0. The molecule has 0 aliphatic rings. The lowest BCUT2D eigenvalue weighted by Crippen LogP contribution is -2.28. The van der Waals surface area contributed by atoms with Crippen LogP contribution in [0.15, 0.2) is 66.1 Å². The van der Waals surface area contributed by atoms with E-state index in [9.17, 15) is 4.79 Å². The third-order valence-corrected chi connectivity index (χ3v) is 4.50. The van der Waals surface area contributed by atoms with E-state index in [1.165, 1.54) is 29.2 Å². The maximum absolute atomic E-state index is 12.0. The number of H-pyrrole nitrogens is 1. The molecule has 1 atom stereocenters. The minimum absolute atomic E-state index is 0.0314. The Hall–Kier alpha value is -2.60. The fourth-order valence-electron chi connectivity index (χ4n) is 2.36. The van der Waals surface area contributed by atoms with Crippen LogP contribution in [0.25, 0.3) is 11.1 Å². The molecule has 0 spiro atoms. The zero-order valence-corrected chi connectivity index (χ0v) is 14.1. The van der Waals surface area contributed by atoms with Crippen LogP contribution in [-0.4, -0.2) is 26.8 Å². The van der Waals surface area contributed by atoms with Crippen molar-refractivity contribution in [2.24, 2.45) is 0 Å². The second-order valence-corrected chi connectivity index (χ2v) is 6.32. The lowest BCUT2D eigenvalue weighted by molar-refractivity contribution is -0.119. The van der Waals surface area contributed by atoms with Crippen molar-refractivity contribution in [3.63, 3.8) is 0 Å². The topological polar surface area (TPSA) is 70.7 Å². The smallest absolute Gasteiger partial charge is 0.230 e. The molecule has 24 heavy (non-hydrogen) atoms. The molecule has 0 saturated heterocycles. The normalized spacial score (nSPS) is 11.9. The van der Waals surface area contributed by atoms with E-state index in [2.05, 4.69) is 56.9 Å². The van der Waals surface area contributed by atoms with Gasteiger partial charge in [0.15, 0.2) is 5.16 Å². The first-order valence-corrected chi connectivity index (χ1v) is 8.64. The van der Waals surface area contributed by atoms with Crippen LogP contribution < -0.4 is 5.32 Å². The van der Waals surface area contributed by atoms with E-state index in [-0.39, 0.29) is 11.9 Å². The minimum atomic E-state index is -0.0438. The van der Waals surface area contributed by atoms with Crippen LogP contribution in [-0.2, 0) is 4.79 Å². The molecule has 2 N–H and O–H groups in total. The highest BCUT2D eigenvalue weighted by Gasteiger charge is 2.11. The summed E-state index contributed by atoms with van der Waals surface area (Å²) in [5.41, 5.74) is 3.43. The second-order valence-electron chi connectivity index (χ2n) is 5.36. The number of rotatable bonds is 6. The summed E-state index contributed by atoms with van der Waals surface area (Å²) in [5.74, 6) is 0.276. The average molecular weight is 338 g/mol. The standard InChI is InChI=1S/C18H18N4OS/c1-13(21-17(23)11-24-18-19-12-20-22-18)14-7-9-16(10-8-14)15-5-3-2-4-6-15/h2-10,12-13H,11H2,1H3,(H,21,23)(H,19,20,22)/t13-/m1/s1. The van der Waals surface area contributed by atoms with Gasteiger partial charge >= 0.3 is 0 Å². The molecule has 2 aromatic carbocycles. The molecule has 3 aromatic rings.